The van der Waals surface area contributed by atoms with Crippen LogP contribution in [0.25, 0.3) is 11.3 Å². The molecule has 0 unspecified atom stereocenters. The Morgan fingerprint density at radius 2 is 1.23 bits per heavy atom. The zero-order valence-corrected chi connectivity index (χ0v) is 14.2. The molecule has 4 rings (SSSR count). The molecule has 0 saturated carbocycles. The third kappa shape index (κ3) is 2.89. The molecule has 126 valence electrons. The summed E-state index contributed by atoms with van der Waals surface area (Å²) in [6, 6.07) is 28.8. The highest BCUT2D eigenvalue weighted by atomic mass is 16.3. The normalized spacial score (nSPS) is 11.3. The summed E-state index contributed by atoms with van der Waals surface area (Å²) < 4.78 is 0. The second-order valence-corrected chi connectivity index (χ2v) is 6.09. The molecule has 2 aromatic heterocycles. The Hall–Kier alpha value is -3.30. The highest BCUT2D eigenvalue weighted by molar-refractivity contribution is 5.60. The van der Waals surface area contributed by atoms with Gasteiger partial charge in [-0.1, -0.05) is 66.7 Å². The van der Waals surface area contributed by atoms with Gasteiger partial charge in [0.25, 0.3) is 0 Å². The zero-order chi connectivity index (χ0) is 17.8. The lowest BCUT2D eigenvalue weighted by Gasteiger charge is -2.29. The minimum absolute atomic E-state index is 0.568. The van der Waals surface area contributed by atoms with Gasteiger partial charge in [-0.25, -0.2) is 0 Å². The molecule has 2 aromatic carbocycles. The Kier molecular flexibility index (Phi) is 4.30. The van der Waals surface area contributed by atoms with Crippen molar-refractivity contribution in [3.8, 4) is 11.3 Å². The lowest BCUT2D eigenvalue weighted by Crippen LogP contribution is -2.30. The van der Waals surface area contributed by atoms with Crippen molar-refractivity contribution < 1.29 is 5.11 Å². The van der Waals surface area contributed by atoms with Crippen LogP contribution in [0.4, 0.5) is 0 Å². The van der Waals surface area contributed by atoms with E-state index < -0.39 is 5.60 Å². The molecule has 0 atom stereocenters. The fourth-order valence-corrected chi connectivity index (χ4v) is 3.14. The summed E-state index contributed by atoms with van der Waals surface area (Å²) in [5.41, 5.74) is 2.54. The van der Waals surface area contributed by atoms with E-state index in [1.54, 1.807) is 12.4 Å². The van der Waals surface area contributed by atoms with E-state index >= 15 is 0 Å². The molecule has 3 heteroatoms. The predicted octanol–water partition coefficient (Wildman–Crippen LogP) is 4.43. The number of hydrogen-bond donors (Lipinski definition) is 1. The highest BCUT2D eigenvalue weighted by Gasteiger charge is 2.35. The maximum Gasteiger partial charge on any atom is 0.157 e. The lowest BCUT2D eigenvalue weighted by molar-refractivity contribution is 0.121. The standard InChI is InChI=1S/C23H18N2O/c26-23(19-9-3-1-4-10-19,20-11-5-2-6-12-20)22-17-18(14-16-25-22)21-13-7-8-15-24-21/h1-17,26H. The van der Waals surface area contributed by atoms with Crippen molar-refractivity contribution in [3.63, 3.8) is 0 Å². The monoisotopic (exact) mass is 338 g/mol. The van der Waals surface area contributed by atoms with Crippen molar-refractivity contribution in [1.82, 2.24) is 9.97 Å². The summed E-state index contributed by atoms with van der Waals surface area (Å²) in [7, 11) is 0. The van der Waals surface area contributed by atoms with Gasteiger partial charge in [0.05, 0.1) is 11.4 Å². The summed E-state index contributed by atoms with van der Waals surface area (Å²) in [4.78, 5) is 8.92. The lowest BCUT2D eigenvalue weighted by atomic mass is 9.82. The van der Waals surface area contributed by atoms with E-state index in [0.717, 1.165) is 22.4 Å². The second kappa shape index (κ2) is 6.90. The van der Waals surface area contributed by atoms with Crippen LogP contribution in [0, 0.1) is 0 Å². The summed E-state index contributed by atoms with van der Waals surface area (Å²) in [5.74, 6) is 0. The van der Waals surface area contributed by atoms with Crippen molar-refractivity contribution in [2.45, 2.75) is 5.60 Å². The first-order valence-corrected chi connectivity index (χ1v) is 8.50. The van der Waals surface area contributed by atoms with Gasteiger partial charge in [0, 0.05) is 18.0 Å². The Balaban J connectivity index is 1.91. The van der Waals surface area contributed by atoms with Crippen LogP contribution in [-0.4, -0.2) is 15.1 Å². The summed E-state index contributed by atoms with van der Waals surface area (Å²) in [6.45, 7) is 0. The van der Waals surface area contributed by atoms with Gasteiger partial charge in [-0.3, -0.25) is 9.97 Å². The smallest absolute Gasteiger partial charge is 0.157 e. The number of nitrogens with zero attached hydrogens (tertiary/aromatic N) is 2. The zero-order valence-electron chi connectivity index (χ0n) is 14.2. The largest absolute Gasteiger partial charge is 0.374 e. The van der Waals surface area contributed by atoms with Crippen LogP contribution in [0.5, 0.6) is 0 Å². The molecule has 1 N–H and O–H groups in total. The first-order valence-electron chi connectivity index (χ1n) is 8.50. The van der Waals surface area contributed by atoms with Gasteiger partial charge >= 0.3 is 0 Å². The van der Waals surface area contributed by atoms with Crippen LogP contribution < -0.4 is 0 Å². The van der Waals surface area contributed by atoms with E-state index in [4.69, 9.17) is 0 Å². The van der Waals surface area contributed by atoms with Gasteiger partial charge in [0.2, 0.25) is 0 Å². The summed E-state index contributed by atoms with van der Waals surface area (Å²) in [5, 5.41) is 11.8. The fraction of sp³-hybridized carbons (Fsp3) is 0.0435. The molecule has 0 radical (unpaired) electrons. The first-order chi connectivity index (χ1) is 12.8. The molecule has 0 spiro atoms. The Bertz CT molecular complexity index is 947. The molecule has 0 bridgehead atoms. The van der Waals surface area contributed by atoms with E-state index in [-0.39, 0.29) is 0 Å². The number of aromatic nitrogens is 2. The quantitative estimate of drug-likeness (QED) is 0.599. The second-order valence-electron chi connectivity index (χ2n) is 6.09. The third-order valence-corrected chi connectivity index (χ3v) is 4.47. The van der Waals surface area contributed by atoms with Gasteiger partial charge in [-0.15, -0.1) is 0 Å². The van der Waals surface area contributed by atoms with E-state index in [0.29, 0.717) is 5.69 Å². The average molecular weight is 338 g/mol. The fourth-order valence-electron chi connectivity index (χ4n) is 3.14. The van der Waals surface area contributed by atoms with Crippen LogP contribution >= 0.6 is 0 Å². The molecular formula is C23H18N2O. The molecule has 0 aliphatic rings. The predicted molar refractivity (Wildman–Crippen MR) is 102 cm³/mol. The van der Waals surface area contributed by atoms with Crippen LogP contribution in [0.3, 0.4) is 0 Å². The van der Waals surface area contributed by atoms with Gasteiger partial charge in [0.15, 0.2) is 5.60 Å². The Morgan fingerprint density at radius 3 is 1.81 bits per heavy atom. The van der Waals surface area contributed by atoms with Crippen molar-refractivity contribution in [1.29, 1.82) is 0 Å². The molecule has 26 heavy (non-hydrogen) atoms. The summed E-state index contributed by atoms with van der Waals surface area (Å²) in [6.07, 6.45) is 3.48. The molecular weight excluding hydrogens is 320 g/mol. The molecule has 2 heterocycles. The number of benzene rings is 2. The maximum absolute atomic E-state index is 11.8. The van der Waals surface area contributed by atoms with E-state index in [1.165, 1.54) is 0 Å². The first kappa shape index (κ1) is 16.2. The van der Waals surface area contributed by atoms with Gasteiger partial charge < -0.3 is 5.11 Å². The number of hydrogen-bond acceptors (Lipinski definition) is 3. The molecule has 3 nitrogen and oxygen atoms in total. The molecule has 0 amide bonds. The SMILES string of the molecule is OC(c1ccccc1)(c1ccccc1)c1cc(-c2ccccn2)ccn1. The summed E-state index contributed by atoms with van der Waals surface area (Å²) >= 11 is 0. The van der Waals surface area contributed by atoms with E-state index in [1.807, 2.05) is 91.0 Å². The van der Waals surface area contributed by atoms with Crippen LogP contribution in [0.15, 0.2) is 103 Å². The Morgan fingerprint density at radius 1 is 0.615 bits per heavy atom. The van der Waals surface area contributed by atoms with Crippen LogP contribution in [0.1, 0.15) is 16.8 Å². The molecule has 4 aromatic rings. The molecule has 0 fully saturated rings. The van der Waals surface area contributed by atoms with Crippen LogP contribution in [-0.2, 0) is 5.60 Å². The van der Waals surface area contributed by atoms with Gasteiger partial charge in [-0.2, -0.15) is 0 Å². The van der Waals surface area contributed by atoms with Gasteiger partial charge in [0.1, 0.15) is 0 Å². The number of rotatable bonds is 4. The van der Waals surface area contributed by atoms with Crippen molar-refractivity contribution in [2.24, 2.45) is 0 Å². The Labute approximate surface area is 152 Å². The van der Waals surface area contributed by atoms with Crippen molar-refractivity contribution in [2.75, 3.05) is 0 Å². The molecule has 0 aliphatic carbocycles. The van der Waals surface area contributed by atoms with Crippen molar-refractivity contribution in [3.05, 3.63) is 120 Å². The van der Waals surface area contributed by atoms with E-state index in [9.17, 15) is 5.11 Å². The maximum atomic E-state index is 11.8. The number of aliphatic hydroxyl groups is 1. The number of pyridine rings is 2. The minimum Gasteiger partial charge on any atom is -0.374 e. The molecule has 0 saturated heterocycles. The van der Waals surface area contributed by atoms with E-state index in [2.05, 4.69) is 9.97 Å². The minimum atomic E-state index is -1.34. The van der Waals surface area contributed by atoms with Crippen molar-refractivity contribution >= 4 is 0 Å². The highest BCUT2D eigenvalue weighted by Crippen LogP contribution is 2.36. The third-order valence-electron chi connectivity index (χ3n) is 4.47. The topological polar surface area (TPSA) is 46.0 Å². The van der Waals surface area contributed by atoms with Gasteiger partial charge in [-0.05, 0) is 35.4 Å². The average Bonchev–Trinajstić information content (AvgIpc) is 2.75. The van der Waals surface area contributed by atoms with Crippen LogP contribution in [0.2, 0.25) is 0 Å². The molecule has 0 aliphatic heterocycles.